The molecule has 0 heterocycles. The molecule has 0 saturated heterocycles. The molecule has 5 nitrogen and oxygen atoms in total. The van der Waals surface area contributed by atoms with Crippen LogP contribution in [0.15, 0.2) is 53.4 Å². The third-order valence-corrected chi connectivity index (χ3v) is 5.39. The summed E-state index contributed by atoms with van der Waals surface area (Å²) in [5, 5.41) is 0.533. The average molecular weight is 384 g/mol. The Kier molecular flexibility index (Phi) is 7.25. The predicted molar refractivity (Wildman–Crippen MR) is 98.6 cm³/mol. The monoisotopic (exact) mass is 383 g/mol. The van der Waals surface area contributed by atoms with E-state index in [1.807, 2.05) is 25.1 Å². The second-order valence-corrected chi connectivity index (χ2v) is 7.59. The first-order valence-electron chi connectivity index (χ1n) is 7.97. The Morgan fingerprint density at radius 2 is 1.80 bits per heavy atom. The van der Waals surface area contributed by atoms with Crippen molar-refractivity contribution in [2.45, 2.75) is 24.3 Å². The molecule has 1 atom stereocenters. The third-order valence-electron chi connectivity index (χ3n) is 3.60. The molecule has 136 valence electrons. The van der Waals surface area contributed by atoms with Gasteiger partial charge in [0.2, 0.25) is 10.0 Å². The molecule has 0 amide bonds. The van der Waals surface area contributed by atoms with Crippen molar-refractivity contribution >= 4 is 21.6 Å². The quantitative estimate of drug-likeness (QED) is 0.715. The molecule has 0 aromatic heterocycles. The molecule has 25 heavy (non-hydrogen) atoms. The maximum absolute atomic E-state index is 12.5. The van der Waals surface area contributed by atoms with Crippen molar-refractivity contribution in [2.75, 3.05) is 20.3 Å². The summed E-state index contributed by atoms with van der Waals surface area (Å²) in [6, 6.07) is 13.5. The zero-order valence-corrected chi connectivity index (χ0v) is 15.8. The van der Waals surface area contributed by atoms with Crippen LogP contribution in [0.1, 0.15) is 25.0 Å². The highest BCUT2D eigenvalue weighted by Gasteiger charge is 2.19. The molecule has 0 aliphatic carbocycles. The van der Waals surface area contributed by atoms with Crippen molar-refractivity contribution in [3.8, 4) is 5.75 Å². The molecule has 2 aromatic rings. The fourth-order valence-electron chi connectivity index (χ4n) is 2.26. The minimum atomic E-state index is -3.65. The van der Waals surface area contributed by atoms with E-state index in [2.05, 4.69) is 4.72 Å². The number of benzene rings is 2. The highest BCUT2D eigenvalue weighted by atomic mass is 35.5. The van der Waals surface area contributed by atoms with Gasteiger partial charge in [0.25, 0.3) is 0 Å². The lowest BCUT2D eigenvalue weighted by Gasteiger charge is -2.18. The van der Waals surface area contributed by atoms with E-state index in [9.17, 15) is 8.42 Å². The molecule has 7 heteroatoms. The van der Waals surface area contributed by atoms with Gasteiger partial charge in [-0.1, -0.05) is 36.7 Å². The first kappa shape index (κ1) is 19.7. The summed E-state index contributed by atoms with van der Waals surface area (Å²) in [5.41, 5.74) is 0.734. The predicted octanol–water partition coefficient (Wildman–Crippen LogP) is 3.79. The minimum absolute atomic E-state index is 0.0800. The molecule has 0 radical (unpaired) electrons. The Morgan fingerprint density at radius 1 is 1.12 bits per heavy atom. The van der Waals surface area contributed by atoms with Crippen molar-refractivity contribution in [3.05, 3.63) is 59.1 Å². The number of rotatable bonds is 9. The van der Waals surface area contributed by atoms with Crippen LogP contribution in [0.5, 0.6) is 5.75 Å². The Balaban J connectivity index is 2.06. The highest BCUT2D eigenvalue weighted by molar-refractivity contribution is 7.89. The van der Waals surface area contributed by atoms with Gasteiger partial charge in [0, 0.05) is 24.2 Å². The normalized spacial score (nSPS) is 12.8. The summed E-state index contributed by atoms with van der Waals surface area (Å²) < 4.78 is 38.3. The Bertz CT molecular complexity index is 778. The van der Waals surface area contributed by atoms with Crippen molar-refractivity contribution < 1.29 is 17.9 Å². The molecule has 1 N–H and O–H groups in total. The zero-order chi connectivity index (χ0) is 18.3. The van der Waals surface area contributed by atoms with Crippen LogP contribution in [0.4, 0.5) is 0 Å². The Labute approximate surface area is 154 Å². The van der Waals surface area contributed by atoms with Crippen molar-refractivity contribution in [1.29, 1.82) is 0 Å². The first-order chi connectivity index (χ1) is 12.0. The second-order valence-electron chi connectivity index (χ2n) is 5.42. The summed E-state index contributed by atoms with van der Waals surface area (Å²) >= 11 is 6.15. The van der Waals surface area contributed by atoms with Crippen LogP contribution in [0.25, 0.3) is 0 Å². The molecule has 0 spiro atoms. The molecular formula is C18H22ClNO4S. The van der Waals surface area contributed by atoms with Crippen molar-refractivity contribution in [3.63, 3.8) is 0 Å². The lowest BCUT2D eigenvalue weighted by Crippen LogP contribution is -2.29. The maximum atomic E-state index is 12.5. The van der Waals surface area contributed by atoms with Gasteiger partial charge in [0.05, 0.1) is 17.6 Å². The summed E-state index contributed by atoms with van der Waals surface area (Å²) in [7, 11) is -2.14. The van der Waals surface area contributed by atoms with E-state index in [0.717, 1.165) is 12.0 Å². The number of sulfonamides is 1. The van der Waals surface area contributed by atoms with Crippen LogP contribution >= 0.6 is 11.6 Å². The van der Waals surface area contributed by atoms with Crippen LogP contribution in [0.2, 0.25) is 5.02 Å². The number of hydrogen-bond acceptors (Lipinski definition) is 4. The van der Waals surface area contributed by atoms with Gasteiger partial charge in [-0.25, -0.2) is 13.1 Å². The van der Waals surface area contributed by atoms with Crippen LogP contribution in [0, 0.1) is 0 Å². The molecule has 0 aliphatic heterocycles. The number of halogens is 1. The lowest BCUT2D eigenvalue weighted by atomic mass is 10.1. The first-order valence-corrected chi connectivity index (χ1v) is 9.83. The topological polar surface area (TPSA) is 64.6 Å². The Hall–Kier alpha value is -1.60. The van der Waals surface area contributed by atoms with Crippen molar-refractivity contribution in [1.82, 2.24) is 4.72 Å². The van der Waals surface area contributed by atoms with E-state index >= 15 is 0 Å². The van der Waals surface area contributed by atoms with Gasteiger partial charge >= 0.3 is 0 Å². The van der Waals surface area contributed by atoms with Crippen molar-refractivity contribution in [2.24, 2.45) is 0 Å². The van der Waals surface area contributed by atoms with Gasteiger partial charge in [0.1, 0.15) is 5.75 Å². The third kappa shape index (κ3) is 5.44. The number of nitrogens with one attached hydrogen (secondary N) is 1. The van der Waals surface area contributed by atoms with Gasteiger partial charge < -0.3 is 9.47 Å². The summed E-state index contributed by atoms with van der Waals surface area (Å²) in [5.74, 6) is 0.645. The fourth-order valence-corrected chi connectivity index (χ4v) is 3.55. The Morgan fingerprint density at radius 3 is 2.40 bits per heavy atom. The smallest absolute Gasteiger partial charge is 0.240 e. The van der Waals surface area contributed by atoms with E-state index in [1.165, 1.54) is 19.2 Å². The van der Waals surface area contributed by atoms with Crippen LogP contribution in [-0.2, 0) is 14.8 Å². The maximum Gasteiger partial charge on any atom is 0.240 e. The lowest BCUT2D eigenvalue weighted by molar-refractivity contribution is 0.107. The highest BCUT2D eigenvalue weighted by Crippen LogP contribution is 2.25. The molecule has 1 unspecified atom stereocenters. The van der Waals surface area contributed by atoms with E-state index in [4.69, 9.17) is 21.1 Å². The van der Waals surface area contributed by atoms with Gasteiger partial charge in [-0.2, -0.15) is 0 Å². The summed E-state index contributed by atoms with van der Waals surface area (Å²) in [4.78, 5) is 0.172. The minimum Gasteiger partial charge on any atom is -0.494 e. The fraction of sp³-hybridized carbons (Fsp3) is 0.333. The van der Waals surface area contributed by atoms with Gasteiger partial charge in [-0.05, 0) is 36.8 Å². The van der Waals surface area contributed by atoms with Gasteiger partial charge in [0.15, 0.2) is 0 Å². The zero-order valence-electron chi connectivity index (χ0n) is 14.2. The van der Waals surface area contributed by atoms with Gasteiger partial charge in [-0.3, -0.25) is 0 Å². The van der Waals surface area contributed by atoms with E-state index < -0.39 is 16.1 Å². The summed E-state index contributed by atoms with van der Waals surface area (Å²) in [6.07, 6.45) is 0.415. The standard InChI is InChI=1S/C18H22ClNO4S/c1-3-12-24-14-8-10-15(11-9-14)25(21,22)20-13-18(23-2)16-6-4-5-7-17(16)19/h4-11,18,20H,3,12-13H2,1-2H3. The number of hydrogen-bond donors (Lipinski definition) is 1. The summed E-state index contributed by atoms with van der Waals surface area (Å²) in [6.45, 7) is 2.68. The molecule has 0 saturated carbocycles. The number of ether oxygens (including phenoxy) is 2. The van der Waals surface area contributed by atoms with Crippen LogP contribution in [0.3, 0.4) is 0 Å². The van der Waals surface area contributed by atoms with E-state index in [0.29, 0.717) is 17.4 Å². The SMILES string of the molecule is CCCOc1ccc(S(=O)(=O)NCC(OC)c2ccccc2Cl)cc1. The van der Waals surface area contributed by atoms with Crippen LogP contribution in [-0.4, -0.2) is 28.7 Å². The van der Waals surface area contributed by atoms with E-state index in [-0.39, 0.29) is 11.4 Å². The van der Waals surface area contributed by atoms with Gasteiger partial charge in [-0.15, -0.1) is 0 Å². The van der Waals surface area contributed by atoms with E-state index in [1.54, 1.807) is 18.2 Å². The molecular weight excluding hydrogens is 362 g/mol. The molecule has 0 fully saturated rings. The molecule has 2 rings (SSSR count). The molecule has 0 bridgehead atoms. The molecule has 0 aliphatic rings. The number of methoxy groups -OCH3 is 1. The second kappa shape index (κ2) is 9.20. The average Bonchev–Trinajstić information content (AvgIpc) is 2.62. The largest absolute Gasteiger partial charge is 0.494 e. The molecule has 2 aromatic carbocycles. The van der Waals surface area contributed by atoms with Crippen LogP contribution < -0.4 is 9.46 Å².